The Bertz CT molecular complexity index is 1100. The van der Waals surface area contributed by atoms with Gasteiger partial charge in [0.1, 0.15) is 0 Å². The van der Waals surface area contributed by atoms with Crippen LogP contribution in [0.15, 0.2) is 54.6 Å². The maximum absolute atomic E-state index is 12.9. The first-order valence-corrected chi connectivity index (χ1v) is 11.7. The van der Waals surface area contributed by atoms with Crippen LogP contribution in [0.1, 0.15) is 54.4 Å². The van der Waals surface area contributed by atoms with E-state index in [9.17, 15) is 9.59 Å². The zero-order chi connectivity index (χ0) is 22.6. The van der Waals surface area contributed by atoms with Gasteiger partial charge in [0.15, 0.2) is 0 Å². The monoisotopic (exact) mass is 444 g/mol. The van der Waals surface area contributed by atoms with E-state index in [1.807, 2.05) is 59.5 Å². The fourth-order valence-electron chi connectivity index (χ4n) is 3.82. The van der Waals surface area contributed by atoms with E-state index in [4.69, 9.17) is 0 Å². The molecule has 0 saturated heterocycles. The summed E-state index contributed by atoms with van der Waals surface area (Å²) in [5.41, 5.74) is 2.64. The van der Waals surface area contributed by atoms with Crippen molar-refractivity contribution in [2.75, 3.05) is 0 Å². The normalized spacial score (nSPS) is 15.3. The quantitative estimate of drug-likeness (QED) is 0.518. The number of hydrogen-bond donors (Lipinski definition) is 1. The van der Waals surface area contributed by atoms with Gasteiger partial charge in [0, 0.05) is 36.2 Å². The molecule has 1 N–H and O–H groups in total. The summed E-state index contributed by atoms with van der Waals surface area (Å²) in [6.45, 7) is 1.13. The predicted molar refractivity (Wildman–Crippen MR) is 123 cm³/mol. The second-order valence-corrected chi connectivity index (χ2v) is 8.88. The van der Waals surface area contributed by atoms with Crippen LogP contribution >= 0.6 is 0 Å². The summed E-state index contributed by atoms with van der Waals surface area (Å²) < 4.78 is 0. The van der Waals surface area contributed by atoms with Gasteiger partial charge in [0.2, 0.25) is 11.7 Å². The number of nitrogens with one attached hydrogen (secondary N) is 1. The first-order chi connectivity index (χ1) is 16.2. The summed E-state index contributed by atoms with van der Waals surface area (Å²) in [6.07, 6.45) is 5.36. The number of aryl methyl sites for hydroxylation is 1. The van der Waals surface area contributed by atoms with Gasteiger partial charge in [0.25, 0.3) is 5.91 Å². The number of aromatic nitrogens is 4. The minimum atomic E-state index is -0.0173. The third-order valence-corrected chi connectivity index (χ3v) is 6.02. The number of rotatable bonds is 10. The average molecular weight is 445 g/mol. The second kappa shape index (κ2) is 9.52. The van der Waals surface area contributed by atoms with Crippen LogP contribution in [0.25, 0.3) is 11.4 Å². The maximum atomic E-state index is 12.9. The highest BCUT2D eigenvalue weighted by Gasteiger charge is 2.32. The van der Waals surface area contributed by atoms with Crippen LogP contribution in [-0.4, -0.2) is 49.0 Å². The van der Waals surface area contributed by atoms with E-state index in [0.29, 0.717) is 49.4 Å². The molecule has 170 valence electrons. The lowest BCUT2D eigenvalue weighted by Gasteiger charge is -2.22. The van der Waals surface area contributed by atoms with Crippen LogP contribution in [-0.2, 0) is 17.9 Å². The molecule has 8 heteroatoms. The topological polar surface area (TPSA) is 93.0 Å². The molecule has 1 heterocycles. The van der Waals surface area contributed by atoms with E-state index >= 15 is 0 Å². The van der Waals surface area contributed by atoms with Gasteiger partial charge in [-0.2, -0.15) is 4.80 Å². The third-order valence-electron chi connectivity index (χ3n) is 6.02. The summed E-state index contributed by atoms with van der Waals surface area (Å²) in [7, 11) is 0. The van der Waals surface area contributed by atoms with E-state index in [2.05, 4.69) is 20.7 Å². The number of amides is 2. The Kier molecular flexibility index (Phi) is 6.15. The molecule has 0 aliphatic heterocycles. The van der Waals surface area contributed by atoms with Crippen LogP contribution in [0.5, 0.6) is 0 Å². The molecule has 0 spiro atoms. The van der Waals surface area contributed by atoms with Gasteiger partial charge < -0.3 is 10.2 Å². The first-order valence-electron chi connectivity index (χ1n) is 11.7. The lowest BCUT2D eigenvalue weighted by atomic mass is 10.1. The minimum absolute atomic E-state index is 0.0173. The number of benzene rings is 2. The van der Waals surface area contributed by atoms with Crippen LogP contribution in [0, 0.1) is 0 Å². The van der Waals surface area contributed by atoms with E-state index in [1.165, 1.54) is 0 Å². The first kappa shape index (κ1) is 21.3. The van der Waals surface area contributed by atoms with E-state index < -0.39 is 0 Å². The number of carbonyl (C=O) groups is 2. The van der Waals surface area contributed by atoms with Crippen LogP contribution in [0.2, 0.25) is 0 Å². The molecule has 0 unspecified atom stereocenters. The minimum Gasteiger partial charge on any atom is -0.349 e. The molecule has 2 aromatic carbocycles. The molecule has 2 amide bonds. The van der Waals surface area contributed by atoms with E-state index in [0.717, 1.165) is 36.8 Å². The molecule has 3 aromatic rings. The summed E-state index contributed by atoms with van der Waals surface area (Å²) in [5.74, 6) is 0.726. The van der Waals surface area contributed by atoms with Crippen LogP contribution in [0.3, 0.4) is 0 Å². The van der Waals surface area contributed by atoms with E-state index in [-0.39, 0.29) is 11.8 Å². The summed E-state index contributed by atoms with van der Waals surface area (Å²) in [4.78, 5) is 28.7. The van der Waals surface area contributed by atoms with Crippen molar-refractivity contribution in [1.29, 1.82) is 0 Å². The van der Waals surface area contributed by atoms with Crippen LogP contribution < -0.4 is 5.32 Å². The molecule has 8 nitrogen and oxygen atoms in total. The smallest absolute Gasteiger partial charge is 0.251 e. The van der Waals surface area contributed by atoms with Crippen molar-refractivity contribution in [3.8, 4) is 11.4 Å². The molecular weight excluding hydrogens is 416 g/mol. The lowest BCUT2D eigenvalue weighted by Crippen LogP contribution is -2.32. The number of hydrogen-bond acceptors (Lipinski definition) is 5. The fourth-order valence-corrected chi connectivity index (χ4v) is 3.82. The zero-order valence-corrected chi connectivity index (χ0v) is 18.6. The van der Waals surface area contributed by atoms with Gasteiger partial charge in [0.05, 0.1) is 6.54 Å². The Balaban J connectivity index is 1.13. The molecular formula is C25H28N6O2. The summed E-state index contributed by atoms with van der Waals surface area (Å²) in [6, 6.07) is 18.0. The molecule has 0 atom stereocenters. The number of tetrazole rings is 1. The van der Waals surface area contributed by atoms with Crippen molar-refractivity contribution in [3.05, 3.63) is 65.7 Å². The Labute approximate surface area is 193 Å². The lowest BCUT2D eigenvalue weighted by molar-refractivity contribution is -0.132. The third kappa shape index (κ3) is 5.63. The molecule has 2 saturated carbocycles. The van der Waals surface area contributed by atoms with Gasteiger partial charge in [-0.15, -0.1) is 10.2 Å². The molecule has 5 rings (SSSR count). The molecule has 0 radical (unpaired) electrons. The van der Waals surface area contributed by atoms with Gasteiger partial charge in [-0.1, -0.05) is 42.5 Å². The van der Waals surface area contributed by atoms with Crippen molar-refractivity contribution in [1.82, 2.24) is 30.4 Å². The van der Waals surface area contributed by atoms with Crippen molar-refractivity contribution in [2.45, 2.75) is 63.7 Å². The zero-order valence-electron chi connectivity index (χ0n) is 18.6. The Hall–Kier alpha value is -3.55. The molecule has 2 aliphatic carbocycles. The van der Waals surface area contributed by atoms with Gasteiger partial charge in [-0.05, 0) is 55.0 Å². The fraction of sp³-hybridized carbons (Fsp3) is 0.400. The molecule has 33 heavy (non-hydrogen) atoms. The Morgan fingerprint density at radius 2 is 1.76 bits per heavy atom. The number of carbonyl (C=O) groups excluding carboxylic acids is 2. The van der Waals surface area contributed by atoms with Crippen molar-refractivity contribution < 1.29 is 9.59 Å². The van der Waals surface area contributed by atoms with Crippen molar-refractivity contribution in [3.63, 3.8) is 0 Å². The second-order valence-electron chi connectivity index (χ2n) is 8.88. The van der Waals surface area contributed by atoms with E-state index in [1.54, 1.807) is 4.80 Å². The average Bonchev–Trinajstić information content (AvgIpc) is 3.78. The molecule has 2 aliphatic rings. The van der Waals surface area contributed by atoms with Crippen molar-refractivity contribution in [2.24, 2.45) is 0 Å². The summed E-state index contributed by atoms with van der Waals surface area (Å²) >= 11 is 0. The van der Waals surface area contributed by atoms with Crippen molar-refractivity contribution >= 4 is 11.8 Å². The Morgan fingerprint density at radius 1 is 1.00 bits per heavy atom. The van der Waals surface area contributed by atoms with Crippen LogP contribution in [0.4, 0.5) is 0 Å². The number of nitrogens with zero attached hydrogens (tertiary/aromatic N) is 5. The highest BCUT2D eigenvalue weighted by molar-refractivity contribution is 5.94. The molecule has 1 aromatic heterocycles. The Morgan fingerprint density at radius 3 is 2.45 bits per heavy atom. The van der Waals surface area contributed by atoms with Gasteiger partial charge in [-0.3, -0.25) is 9.59 Å². The standard InChI is InChI=1S/C25H28N6O2/c32-23(7-4-16-31-28-24(27-29-31)19-5-2-1-3-6-19)30(22-14-15-22)17-18-8-10-20(11-9-18)25(33)26-21-12-13-21/h1-3,5-6,8-11,21-22H,4,7,12-17H2,(H,26,33). The molecule has 0 bridgehead atoms. The highest BCUT2D eigenvalue weighted by Crippen LogP contribution is 2.29. The largest absolute Gasteiger partial charge is 0.349 e. The SMILES string of the molecule is O=C(NC1CC1)c1ccc(CN(C(=O)CCCn2nnc(-c3ccccc3)n2)C2CC2)cc1. The maximum Gasteiger partial charge on any atom is 0.251 e. The highest BCUT2D eigenvalue weighted by atomic mass is 16.2. The van der Waals surface area contributed by atoms with Gasteiger partial charge >= 0.3 is 0 Å². The predicted octanol–water partition coefficient (Wildman–Crippen LogP) is 3.20. The summed E-state index contributed by atoms with van der Waals surface area (Å²) in [5, 5.41) is 15.6. The van der Waals surface area contributed by atoms with Gasteiger partial charge in [-0.25, -0.2) is 0 Å². The molecule has 2 fully saturated rings.